The van der Waals surface area contributed by atoms with Crippen molar-refractivity contribution in [2.75, 3.05) is 6.79 Å². The van der Waals surface area contributed by atoms with Crippen LogP contribution in [0, 0.1) is 13.8 Å². The van der Waals surface area contributed by atoms with Gasteiger partial charge in [-0.2, -0.15) is 0 Å². The molecule has 0 saturated carbocycles. The summed E-state index contributed by atoms with van der Waals surface area (Å²) in [5.74, 6) is 2.02. The van der Waals surface area contributed by atoms with Crippen LogP contribution in [0.5, 0.6) is 17.2 Å². The van der Waals surface area contributed by atoms with Crippen molar-refractivity contribution >= 4 is 17.2 Å². The molecule has 4 rings (SSSR count). The van der Waals surface area contributed by atoms with E-state index in [1.807, 2.05) is 44.2 Å². The summed E-state index contributed by atoms with van der Waals surface area (Å²) in [6.45, 7) is 5.03. The fraction of sp³-hybridized carbons (Fsp3) is 0.238. The number of ether oxygens (including phenoxy) is 3. The Morgan fingerprint density at radius 2 is 1.93 bits per heavy atom. The van der Waals surface area contributed by atoms with E-state index < -0.39 is 0 Å². The highest BCUT2D eigenvalue weighted by molar-refractivity contribution is 7.09. The molecule has 1 aliphatic rings. The average molecular weight is 396 g/mol. The molecule has 0 fully saturated rings. The molecule has 0 atom stereocenters. The third-order valence-electron chi connectivity index (χ3n) is 4.23. The second-order valence-corrected chi connectivity index (χ2v) is 7.55. The number of nitrogens with one attached hydrogen (secondary N) is 1. The van der Waals surface area contributed by atoms with Crippen LogP contribution in [-0.2, 0) is 13.2 Å². The van der Waals surface area contributed by atoms with Crippen LogP contribution in [0.3, 0.4) is 0 Å². The average Bonchev–Trinajstić information content (AvgIpc) is 3.32. The first-order valence-corrected chi connectivity index (χ1v) is 9.77. The van der Waals surface area contributed by atoms with Gasteiger partial charge in [0.05, 0.1) is 0 Å². The Bertz CT molecular complexity index is 995. The van der Waals surface area contributed by atoms with E-state index in [2.05, 4.69) is 16.4 Å². The van der Waals surface area contributed by atoms with Crippen molar-refractivity contribution < 1.29 is 19.0 Å². The number of hydrogen-bond donors (Lipinski definition) is 1. The topological polar surface area (TPSA) is 69.7 Å². The number of aromatic nitrogens is 1. The summed E-state index contributed by atoms with van der Waals surface area (Å²) in [4.78, 5) is 16.7. The highest BCUT2D eigenvalue weighted by Crippen LogP contribution is 2.32. The lowest BCUT2D eigenvalue weighted by atomic mass is 10.1. The van der Waals surface area contributed by atoms with Crippen LogP contribution in [0.2, 0.25) is 0 Å². The Morgan fingerprint density at radius 1 is 1.14 bits per heavy atom. The van der Waals surface area contributed by atoms with Crippen LogP contribution >= 0.6 is 11.3 Å². The lowest BCUT2D eigenvalue weighted by molar-refractivity contribution is 0.0946. The first kappa shape index (κ1) is 18.3. The van der Waals surface area contributed by atoms with Crippen molar-refractivity contribution in [1.29, 1.82) is 0 Å². The summed E-state index contributed by atoms with van der Waals surface area (Å²) >= 11 is 1.41. The number of benzene rings is 2. The van der Waals surface area contributed by atoms with E-state index in [1.165, 1.54) is 11.3 Å². The molecule has 0 unspecified atom stereocenters. The zero-order valence-corrected chi connectivity index (χ0v) is 16.5. The monoisotopic (exact) mass is 396 g/mol. The van der Waals surface area contributed by atoms with E-state index in [-0.39, 0.29) is 12.7 Å². The van der Waals surface area contributed by atoms with E-state index in [0.29, 0.717) is 24.6 Å². The van der Waals surface area contributed by atoms with Crippen LogP contribution < -0.4 is 19.5 Å². The Morgan fingerprint density at radius 3 is 2.75 bits per heavy atom. The van der Waals surface area contributed by atoms with Crippen LogP contribution in [0.1, 0.15) is 32.2 Å². The fourth-order valence-electron chi connectivity index (χ4n) is 2.97. The number of carbonyl (C=O) groups excluding carboxylic acids is 1. The van der Waals surface area contributed by atoms with Gasteiger partial charge in [0.2, 0.25) is 6.79 Å². The van der Waals surface area contributed by atoms with E-state index >= 15 is 0 Å². The summed E-state index contributed by atoms with van der Waals surface area (Å²) in [5, 5.41) is 5.38. The molecular formula is C21H20N2O4S. The first-order chi connectivity index (χ1) is 13.6. The molecular weight excluding hydrogens is 376 g/mol. The molecule has 0 radical (unpaired) electrons. The minimum atomic E-state index is -0.216. The molecule has 144 valence electrons. The van der Waals surface area contributed by atoms with Gasteiger partial charge in [0.15, 0.2) is 11.5 Å². The summed E-state index contributed by atoms with van der Waals surface area (Å²) in [7, 11) is 0. The predicted octanol–water partition coefficient (Wildman–Crippen LogP) is 4.00. The normalized spacial score (nSPS) is 12.1. The number of amides is 1. The minimum Gasteiger partial charge on any atom is -0.486 e. The highest BCUT2D eigenvalue weighted by Gasteiger charge is 2.15. The van der Waals surface area contributed by atoms with Crippen molar-refractivity contribution in [3.05, 3.63) is 69.2 Å². The van der Waals surface area contributed by atoms with Crippen LogP contribution in [0.4, 0.5) is 0 Å². The van der Waals surface area contributed by atoms with Gasteiger partial charge < -0.3 is 19.5 Å². The van der Waals surface area contributed by atoms with Crippen molar-refractivity contribution in [1.82, 2.24) is 10.3 Å². The van der Waals surface area contributed by atoms with Gasteiger partial charge in [0.25, 0.3) is 5.91 Å². The van der Waals surface area contributed by atoms with Gasteiger partial charge in [-0.15, -0.1) is 11.3 Å². The van der Waals surface area contributed by atoms with Crippen LogP contribution in [0.15, 0.2) is 41.8 Å². The Balaban J connectivity index is 1.32. The van der Waals surface area contributed by atoms with E-state index in [1.54, 1.807) is 5.38 Å². The molecule has 3 aromatic rings. The standard InChI is InChI=1S/C21H20N2O4S/c1-13-5-14(2)7-16(6-13)25-10-20-23-17(11-28-20)21(24)22-9-15-3-4-18-19(8-15)27-12-26-18/h3-8,11H,9-10,12H2,1-2H3,(H,22,24). The lowest BCUT2D eigenvalue weighted by Gasteiger charge is -2.06. The van der Waals surface area contributed by atoms with Gasteiger partial charge in [0.1, 0.15) is 23.1 Å². The maximum atomic E-state index is 12.4. The zero-order chi connectivity index (χ0) is 19.5. The smallest absolute Gasteiger partial charge is 0.271 e. The number of hydrogen-bond acceptors (Lipinski definition) is 6. The minimum absolute atomic E-state index is 0.216. The molecule has 7 heteroatoms. The zero-order valence-electron chi connectivity index (χ0n) is 15.7. The molecule has 0 bridgehead atoms. The molecule has 1 aromatic heterocycles. The van der Waals surface area contributed by atoms with Gasteiger partial charge in [-0.3, -0.25) is 4.79 Å². The maximum absolute atomic E-state index is 12.4. The van der Waals surface area contributed by atoms with Crippen molar-refractivity contribution in [3.8, 4) is 17.2 Å². The fourth-order valence-corrected chi connectivity index (χ4v) is 3.65. The third-order valence-corrected chi connectivity index (χ3v) is 5.05. The number of thiazole rings is 1. The maximum Gasteiger partial charge on any atom is 0.271 e. The van der Waals surface area contributed by atoms with Gasteiger partial charge in [-0.25, -0.2) is 4.98 Å². The van der Waals surface area contributed by atoms with E-state index in [0.717, 1.165) is 33.2 Å². The number of aryl methyl sites for hydroxylation is 2. The van der Waals surface area contributed by atoms with Gasteiger partial charge in [-0.1, -0.05) is 12.1 Å². The molecule has 0 spiro atoms. The molecule has 1 amide bonds. The molecule has 6 nitrogen and oxygen atoms in total. The molecule has 2 heterocycles. The van der Waals surface area contributed by atoms with Gasteiger partial charge in [-0.05, 0) is 54.8 Å². The van der Waals surface area contributed by atoms with Gasteiger partial charge >= 0.3 is 0 Å². The van der Waals surface area contributed by atoms with Crippen molar-refractivity contribution in [2.45, 2.75) is 27.0 Å². The third kappa shape index (κ3) is 4.26. The first-order valence-electron chi connectivity index (χ1n) is 8.89. The predicted molar refractivity (Wildman–Crippen MR) is 106 cm³/mol. The summed E-state index contributed by atoms with van der Waals surface area (Å²) in [6.07, 6.45) is 0. The number of fused-ring (bicyclic) bond motifs is 1. The molecule has 1 N–H and O–H groups in total. The lowest BCUT2D eigenvalue weighted by Crippen LogP contribution is -2.23. The molecule has 0 aliphatic carbocycles. The van der Waals surface area contributed by atoms with E-state index in [4.69, 9.17) is 14.2 Å². The summed E-state index contributed by atoms with van der Waals surface area (Å²) in [5.41, 5.74) is 3.63. The number of carbonyl (C=O) groups is 1. The molecule has 0 saturated heterocycles. The Labute approximate surface area is 167 Å². The van der Waals surface area contributed by atoms with Crippen LogP contribution in [0.25, 0.3) is 0 Å². The summed E-state index contributed by atoms with van der Waals surface area (Å²) in [6, 6.07) is 11.7. The van der Waals surface area contributed by atoms with Crippen LogP contribution in [-0.4, -0.2) is 17.7 Å². The second-order valence-electron chi connectivity index (χ2n) is 6.61. The van der Waals surface area contributed by atoms with Gasteiger partial charge in [0, 0.05) is 11.9 Å². The second kappa shape index (κ2) is 7.90. The van der Waals surface area contributed by atoms with Crippen molar-refractivity contribution in [2.24, 2.45) is 0 Å². The number of nitrogens with zero attached hydrogens (tertiary/aromatic N) is 1. The largest absolute Gasteiger partial charge is 0.486 e. The number of rotatable bonds is 6. The van der Waals surface area contributed by atoms with E-state index in [9.17, 15) is 4.79 Å². The van der Waals surface area contributed by atoms with Crippen molar-refractivity contribution in [3.63, 3.8) is 0 Å². The molecule has 1 aliphatic heterocycles. The summed E-state index contributed by atoms with van der Waals surface area (Å²) < 4.78 is 16.5. The Hall–Kier alpha value is -3.06. The molecule has 28 heavy (non-hydrogen) atoms. The highest BCUT2D eigenvalue weighted by atomic mass is 32.1. The quantitative estimate of drug-likeness (QED) is 0.682. The Kier molecular flexibility index (Phi) is 5.16. The SMILES string of the molecule is Cc1cc(C)cc(OCc2nc(C(=O)NCc3ccc4c(c3)OCO4)cs2)c1. The molecule has 2 aromatic carbocycles.